The van der Waals surface area contributed by atoms with Gasteiger partial charge in [-0.05, 0) is 12.3 Å². The van der Waals surface area contributed by atoms with Gasteiger partial charge in [-0.25, -0.2) is 0 Å². The minimum atomic E-state index is 0.178. The highest BCUT2D eigenvalue weighted by atomic mass is 16.5. The number of nitrogens with two attached hydrogens (primary N) is 1. The summed E-state index contributed by atoms with van der Waals surface area (Å²) in [4.78, 5) is 1.92. The molecule has 1 aliphatic heterocycles. The van der Waals surface area contributed by atoms with Crippen LogP contribution in [0.5, 0.6) is 0 Å². The summed E-state index contributed by atoms with van der Waals surface area (Å²) < 4.78 is 5.44. The molecule has 0 bridgehead atoms. The van der Waals surface area contributed by atoms with Crippen molar-refractivity contribution in [3.8, 4) is 0 Å². The Morgan fingerprint density at radius 3 is 2.71 bits per heavy atom. The number of ether oxygens (including phenoxy) is 1. The van der Waals surface area contributed by atoms with E-state index in [-0.39, 0.29) is 11.4 Å². The SMILES string of the molecule is CCOC[C@@H]1CN(C(=N)N)CC1(C)C. The number of hydrogen-bond donors (Lipinski definition) is 2. The summed E-state index contributed by atoms with van der Waals surface area (Å²) in [6.07, 6.45) is 0. The second kappa shape index (κ2) is 4.17. The van der Waals surface area contributed by atoms with Gasteiger partial charge in [0.1, 0.15) is 0 Å². The molecule has 0 radical (unpaired) electrons. The van der Waals surface area contributed by atoms with Crippen molar-refractivity contribution in [2.75, 3.05) is 26.3 Å². The van der Waals surface area contributed by atoms with E-state index in [1.54, 1.807) is 0 Å². The first-order valence-electron chi connectivity index (χ1n) is 5.14. The highest BCUT2D eigenvalue weighted by Gasteiger charge is 2.39. The van der Waals surface area contributed by atoms with Gasteiger partial charge in [0, 0.05) is 25.6 Å². The third-order valence-corrected chi connectivity index (χ3v) is 3.01. The van der Waals surface area contributed by atoms with Crippen molar-refractivity contribution in [1.82, 2.24) is 4.90 Å². The standard InChI is InChI=1S/C10H21N3O/c1-4-14-6-8-5-13(9(11)12)7-10(8,2)3/h8H,4-7H2,1-3H3,(H3,11,12)/t8-/m0/s1. The molecule has 0 aromatic rings. The van der Waals surface area contributed by atoms with Crippen LogP contribution >= 0.6 is 0 Å². The number of nitrogens with one attached hydrogen (secondary N) is 1. The summed E-state index contributed by atoms with van der Waals surface area (Å²) in [7, 11) is 0. The third-order valence-electron chi connectivity index (χ3n) is 3.01. The number of guanidine groups is 1. The van der Waals surface area contributed by atoms with Gasteiger partial charge in [0.2, 0.25) is 0 Å². The highest BCUT2D eigenvalue weighted by molar-refractivity contribution is 5.75. The molecule has 4 heteroatoms. The monoisotopic (exact) mass is 199 g/mol. The molecule has 0 unspecified atom stereocenters. The first-order chi connectivity index (χ1) is 6.47. The Morgan fingerprint density at radius 2 is 2.29 bits per heavy atom. The van der Waals surface area contributed by atoms with Crippen LogP contribution < -0.4 is 5.73 Å². The maximum atomic E-state index is 7.40. The van der Waals surface area contributed by atoms with E-state index in [9.17, 15) is 0 Å². The molecule has 1 aliphatic rings. The number of rotatable bonds is 3. The molecule has 1 rings (SSSR count). The topological polar surface area (TPSA) is 62.3 Å². The first-order valence-corrected chi connectivity index (χ1v) is 5.14. The van der Waals surface area contributed by atoms with Crippen LogP contribution in [0.3, 0.4) is 0 Å². The number of nitrogens with zero attached hydrogens (tertiary/aromatic N) is 1. The van der Waals surface area contributed by atoms with Crippen LogP contribution in [0, 0.1) is 16.7 Å². The number of hydrogen-bond acceptors (Lipinski definition) is 2. The Balaban J connectivity index is 2.55. The lowest BCUT2D eigenvalue weighted by Crippen LogP contribution is -2.35. The predicted octanol–water partition coefficient (Wildman–Crippen LogP) is 0.874. The Bertz CT molecular complexity index is 215. The van der Waals surface area contributed by atoms with Crippen molar-refractivity contribution < 1.29 is 4.74 Å². The molecule has 0 aromatic carbocycles. The molecular weight excluding hydrogens is 178 g/mol. The average Bonchev–Trinajstić information content (AvgIpc) is 2.38. The molecule has 1 fully saturated rings. The van der Waals surface area contributed by atoms with Crippen LogP contribution in [-0.4, -0.2) is 37.2 Å². The summed E-state index contributed by atoms with van der Waals surface area (Å²) in [6.45, 7) is 9.66. The van der Waals surface area contributed by atoms with E-state index in [4.69, 9.17) is 15.9 Å². The number of likely N-dealkylation sites (tertiary alicyclic amines) is 1. The van der Waals surface area contributed by atoms with Gasteiger partial charge in [-0.2, -0.15) is 0 Å². The van der Waals surface area contributed by atoms with Crippen LogP contribution in [0.15, 0.2) is 0 Å². The van der Waals surface area contributed by atoms with E-state index in [1.807, 2.05) is 11.8 Å². The molecule has 82 valence electrons. The van der Waals surface area contributed by atoms with Gasteiger partial charge in [-0.15, -0.1) is 0 Å². The van der Waals surface area contributed by atoms with Crippen LogP contribution in [0.25, 0.3) is 0 Å². The smallest absolute Gasteiger partial charge is 0.188 e. The van der Waals surface area contributed by atoms with E-state index in [1.165, 1.54) is 0 Å². The molecular formula is C10H21N3O. The van der Waals surface area contributed by atoms with Crippen molar-refractivity contribution in [2.24, 2.45) is 17.1 Å². The van der Waals surface area contributed by atoms with Crippen molar-refractivity contribution in [3.05, 3.63) is 0 Å². The van der Waals surface area contributed by atoms with Crippen molar-refractivity contribution in [3.63, 3.8) is 0 Å². The van der Waals surface area contributed by atoms with Gasteiger partial charge in [-0.1, -0.05) is 13.8 Å². The van der Waals surface area contributed by atoms with E-state index < -0.39 is 0 Å². The molecule has 4 nitrogen and oxygen atoms in total. The molecule has 14 heavy (non-hydrogen) atoms. The van der Waals surface area contributed by atoms with Gasteiger partial charge in [0.25, 0.3) is 0 Å². The van der Waals surface area contributed by atoms with Gasteiger partial charge >= 0.3 is 0 Å². The molecule has 0 aromatic heterocycles. The maximum absolute atomic E-state index is 7.40. The van der Waals surface area contributed by atoms with Crippen molar-refractivity contribution in [1.29, 1.82) is 5.41 Å². The fourth-order valence-electron chi connectivity index (χ4n) is 1.92. The zero-order valence-electron chi connectivity index (χ0n) is 9.34. The summed E-state index contributed by atoms with van der Waals surface area (Å²) in [6, 6.07) is 0. The van der Waals surface area contributed by atoms with Crippen LogP contribution in [0.2, 0.25) is 0 Å². The normalized spacial score (nSPS) is 25.4. The summed E-state index contributed by atoms with van der Waals surface area (Å²) >= 11 is 0. The van der Waals surface area contributed by atoms with Crippen molar-refractivity contribution >= 4 is 5.96 Å². The summed E-state index contributed by atoms with van der Waals surface area (Å²) in [5.41, 5.74) is 5.67. The van der Waals surface area contributed by atoms with E-state index >= 15 is 0 Å². The quantitative estimate of drug-likeness (QED) is 0.524. The summed E-state index contributed by atoms with van der Waals surface area (Å²) in [5.74, 6) is 0.656. The molecule has 0 amide bonds. The molecule has 0 saturated carbocycles. The Hall–Kier alpha value is -0.770. The second-order valence-corrected chi connectivity index (χ2v) is 4.61. The molecule has 0 spiro atoms. The Kier molecular flexibility index (Phi) is 3.37. The molecule has 1 saturated heterocycles. The Morgan fingerprint density at radius 1 is 1.64 bits per heavy atom. The van der Waals surface area contributed by atoms with E-state index in [0.29, 0.717) is 5.92 Å². The Labute approximate surface area is 85.9 Å². The zero-order valence-corrected chi connectivity index (χ0v) is 9.34. The van der Waals surface area contributed by atoms with Gasteiger partial charge in [-0.3, -0.25) is 5.41 Å². The van der Waals surface area contributed by atoms with Gasteiger partial charge in [0.05, 0.1) is 6.61 Å². The molecule has 1 heterocycles. The lowest BCUT2D eigenvalue weighted by atomic mass is 9.83. The fourth-order valence-corrected chi connectivity index (χ4v) is 1.92. The third kappa shape index (κ3) is 2.38. The van der Waals surface area contributed by atoms with Crippen LogP contribution in [-0.2, 0) is 4.74 Å². The molecule has 1 atom stereocenters. The molecule has 3 N–H and O–H groups in total. The lowest BCUT2D eigenvalue weighted by molar-refractivity contribution is 0.0799. The summed E-state index contributed by atoms with van der Waals surface area (Å²) in [5, 5.41) is 7.40. The van der Waals surface area contributed by atoms with E-state index in [0.717, 1.165) is 26.3 Å². The largest absolute Gasteiger partial charge is 0.381 e. The average molecular weight is 199 g/mol. The first kappa shape index (κ1) is 11.3. The van der Waals surface area contributed by atoms with Crippen LogP contribution in [0.4, 0.5) is 0 Å². The lowest BCUT2D eigenvalue weighted by Gasteiger charge is -2.24. The van der Waals surface area contributed by atoms with E-state index in [2.05, 4.69) is 13.8 Å². The maximum Gasteiger partial charge on any atom is 0.188 e. The fraction of sp³-hybridized carbons (Fsp3) is 0.900. The highest BCUT2D eigenvalue weighted by Crippen LogP contribution is 2.34. The minimum absolute atomic E-state index is 0.178. The van der Waals surface area contributed by atoms with Gasteiger partial charge < -0.3 is 15.4 Å². The zero-order chi connectivity index (χ0) is 10.8. The van der Waals surface area contributed by atoms with Crippen molar-refractivity contribution in [2.45, 2.75) is 20.8 Å². The van der Waals surface area contributed by atoms with Gasteiger partial charge in [0.15, 0.2) is 5.96 Å². The minimum Gasteiger partial charge on any atom is -0.381 e. The molecule has 0 aliphatic carbocycles. The predicted molar refractivity (Wildman–Crippen MR) is 57.3 cm³/mol. The second-order valence-electron chi connectivity index (χ2n) is 4.61. The van der Waals surface area contributed by atoms with Crippen LogP contribution in [0.1, 0.15) is 20.8 Å².